The van der Waals surface area contributed by atoms with Crippen LogP contribution in [0.15, 0.2) is 41.5 Å². The monoisotopic (exact) mass is 328 g/mol. The van der Waals surface area contributed by atoms with Gasteiger partial charge in [-0.3, -0.25) is 14.7 Å². The van der Waals surface area contributed by atoms with Gasteiger partial charge in [-0.05, 0) is 24.1 Å². The van der Waals surface area contributed by atoms with Gasteiger partial charge >= 0.3 is 0 Å². The van der Waals surface area contributed by atoms with Crippen LogP contribution in [-0.2, 0) is 13.0 Å². The van der Waals surface area contributed by atoms with Crippen LogP contribution in [0.4, 0.5) is 5.69 Å². The molecule has 0 atom stereocenters. The molecule has 0 spiro atoms. The van der Waals surface area contributed by atoms with Gasteiger partial charge in [0.25, 0.3) is 0 Å². The largest absolute Gasteiger partial charge is 0.369 e. The van der Waals surface area contributed by atoms with Gasteiger partial charge in [0.2, 0.25) is 5.56 Å². The van der Waals surface area contributed by atoms with E-state index in [9.17, 15) is 4.79 Å². The van der Waals surface area contributed by atoms with Crippen LogP contribution in [0.2, 0.25) is 0 Å². The number of hydrogen-bond acceptors (Lipinski definition) is 4. The SMILES string of the molecule is CC.CCc1ncccc1CN1CCN(c2cc[nH]c(=O)c2)CC1. The first-order valence-electron chi connectivity index (χ1n) is 8.85. The third-order valence-electron chi connectivity index (χ3n) is 4.21. The fourth-order valence-corrected chi connectivity index (χ4v) is 2.97. The van der Waals surface area contributed by atoms with Crippen LogP contribution in [0.5, 0.6) is 0 Å². The highest BCUT2D eigenvalue weighted by molar-refractivity contribution is 5.45. The lowest BCUT2D eigenvalue weighted by Crippen LogP contribution is -2.46. The van der Waals surface area contributed by atoms with Gasteiger partial charge in [-0.15, -0.1) is 0 Å². The summed E-state index contributed by atoms with van der Waals surface area (Å²) in [5, 5.41) is 0. The maximum atomic E-state index is 11.4. The van der Waals surface area contributed by atoms with Crippen molar-refractivity contribution < 1.29 is 0 Å². The summed E-state index contributed by atoms with van der Waals surface area (Å²) in [5.41, 5.74) is 3.50. The molecular weight excluding hydrogens is 300 g/mol. The first kappa shape index (κ1) is 18.2. The number of anilines is 1. The molecule has 0 aliphatic carbocycles. The molecule has 0 radical (unpaired) electrons. The second-order valence-electron chi connectivity index (χ2n) is 5.64. The third kappa shape index (κ3) is 4.68. The molecule has 1 fully saturated rings. The Hall–Kier alpha value is -2.14. The first-order valence-corrected chi connectivity index (χ1v) is 8.85. The Morgan fingerprint density at radius 2 is 1.92 bits per heavy atom. The van der Waals surface area contributed by atoms with E-state index in [0.29, 0.717) is 0 Å². The number of pyridine rings is 2. The van der Waals surface area contributed by atoms with E-state index in [1.165, 1.54) is 11.3 Å². The fraction of sp³-hybridized carbons (Fsp3) is 0.474. The lowest BCUT2D eigenvalue weighted by Gasteiger charge is -2.36. The summed E-state index contributed by atoms with van der Waals surface area (Å²) in [4.78, 5) is 23.3. The van der Waals surface area contributed by atoms with E-state index in [1.807, 2.05) is 32.2 Å². The van der Waals surface area contributed by atoms with Gasteiger partial charge in [0, 0.05) is 62.6 Å². The number of aryl methyl sites for hydroxylation is 1. The van der Waals surface area contributed by atoms with Crippen LogP contribution < -0.4 is 10.5 Å². The molecule has 5 nitrogen and oxygen atoms in total. The summed E-state index contributed by atoms with van der Waals surface area (Å²) >= 11 is 0. The zero-order chi connectivity index (χ0) is 17.4. The van der Waals surface area contributed by atoms with Crippen LogP contribution in [0.3, 0.4) is 0 Å². The van der Waals surface area contributed by atoms with Crippen LogP contribution in [-0.4, -0.2) is 41.0 Å². The van der Waals surface area contributed by atoms with Gasteiger partial charge in [-0.1, -0.05) is 26.8 Å². The molecule has 1 aliphatic heterocycles. The van der Waals surface area contributed by atoms with Crippen LogP contribution in [0.1, 0.15) is 32.0 Å². The van der Waals surface area contributed by atoms with Crippen molar-refractivity contribution in [2.24, 2.45) is 0 Å². The summed E-state index contributed by atoms with van der Waals surface area (Å²) in [5.74, 6) is 0. The molecule has 3 rings (SSSR count). The third-order valence-corrected chi connectivity index (χ3v) is 4.21. The zero-order valence-electron chi connectivity index (χ0n) is 15.0. The summed E-state index contributed by atoms with van der Waals surface area (Å²) < 4.78 is 0. The van der Waals surface area contributed by atoms with Gasteiger partial charge in [-0.2, -0.15) is 0 Å². The number of aromatic nitrogens is 2. The lowest BCUT2D eigenvalue weighted by atomic mass is 10.1. The number of nitrogens with zero attached hydrogens (tertiary/aromatic N) is 3. The van der Waals surface area contributed by atoms with E-state index in [0.717, 1.165) is 44.8 Å². The molecule has 5 heteroatoms. The Balaban J connectivity index is 0.00000100. The molecule has 0 unspecified atom stereocenters. The van der Waals surface area contributed by atoms with Crippen molar-refractivity contribution in [2.75, 3.05) is 31.1 Å². The van der Waals surface area contributed by atoms with Gasteiger partial charge in [0.05, 0.1) is 0 Å². The zero-order valence-corrected chi connectivity index (χ0v) is 15.0. The minimum atomic E-state index is -0.0390. The molecule has 0 amide bonds. The number of piperazine rings is 1. The summed E-state index contributed by atoms with van der Waals surface area (Å²) in [7, 11) is 0. The van der Waals surface area contributed by atoms with E-state index in [1.54, 1.807) is 12.3 Å². The smallest absolute Gasteiger partial charge is 0.249 e. The molecule has 0 bridgehead atoms. The number of aromatic amines is 1. The minimum Gasteiger partial charge on any atom is -0.369 e. The van der Waals surface area contributed by atoms with Crippen molar-refractivity contribution >= 4 is 5.69 Å². The molecule has 24 heavy (non-hydrogen) atoms. The van der Waals surface area contributed by atoms with E-state index < -0.39 is 0 Å². The maximum Gasteiger partial charge on any atom is 0.249 e. The van der Waals surface area contributed by atoms with E-state index >= 15 is 0 Å². The number of rotatable bonds is 4. The van der Waals surface area contributed by atoms with Crippen molar-refractivity contribution in [3.05, 3.63) is 58.3 Å². The predicted molar refractivity (Wildman–Crippen MR) is 99.5 cm³/mol. The number of H-pyrrole nitrogens is 1. The molecule has 130 valence electrons. The average molecular weight is 328 g/mol. The van der Waals surface area contributed by atoms with Gasteiger partial charge in [-0.25, -0.2) is 0 Å². The van der Waals surface area contributed by atoms with Crippen LogP contribution >= 0.6 is 0 Å². The molecular formula is C19H28N4O. The summed E-state index contributed by atoms with van der Waals surface area (Å²) in [6.07, 6.45) is 4.56. The van der Waals surface area contributed by atoms with Gasteiger partial charge in [0.15, 0.2) is 0 Å². The fourth-order valence-electron chi connectivity index (χ4n) is 2.97. The number of nitrogens with one attached hydrogen (secondary N) is 1. The minimum absolute atomic E-state index is 0.0390. The van der Waals surface area contributed by atoms with Gasteiger partial charge < -0.3 is 9.88 Å². The number of hydrogen-bond donors (Lipinski definition) is 1. The Bertz CT molecular complexity index is 675. The van der Waals surface area contributed by atoms with E-state index in [-0.39, 0.29) is 5.56 Å². The predicted octanol–water partition coefficient (Wildman–Crippen LogP) is 2.68. The van der Waals surface area contributed by atoms with E-state index in [2.05, 4.69) is 32.8 Å². The van der Waals surface area contributed by atoms with Crippen LogP contribution in [0, 0.1) is 0 Å². The molecule has 0 aromatic carbocycles. The Morgan fingerprint density at radius 1 is 1.17 bits per heavy atom. The molecule has 2 aromatic rings. The Labute approximate surface area is 144 Å². The molecule has 2 aromatic heterocycles. The van der Waals surface area contributed by atoms with Gasteiger partial charge in [0.1, 0.15) is 0 Å². The normalized spacial score (nSPS) is 14.9. The van der Waals surface area contributed by atoms with Crippen LogP contribution in [0.25, 0.3) is 0 Å². The second kappa shape index (κ2) is 9.23. The molecule has 1 N–H and O–H groups in total. The lowest BCUT2D eigenvalue weighted by molar-refractivity contribution is 0.249. The Kier molecular flexibility index (Phi) is 7.00. The maximum absolute atomic E-state index is 11.4. The topological polar surface area (TPSA) is 52.2 Å². The highest BCUT2D eigenvalue weighted by atomic mass is 16.1. The average Bonchev–Trinajstić information content (AvgIpc) is 2.64. The van der Waals surface area contributed by atoms with Crippen molar-refractivity contribution in [1.29, 1.82) is 0 Å². The highest BCUT2D eigenvalue weighted by Crippen LogP contribution is 2.16. The molecule has 1 saturated heterocycles. The first-order chi connectivity index (χ1) is 11.8. The van der Waals surface area contributed by atoms with E-state index in [4.69, 9.17) is 0 Å². The molecule has 0 saturated carbocycles. The van der Waals surface area contributed by atoms with Crippen molar-refractivity contribution in [2.45, 2.75) is 33.7 Å². The quantitative estimate of drug-likeness (QED) is 0.937. The highest BCUT2D eigenvalue weighted by Gasteiger charge is 2.18. The van der Waals surface area contributed by atoms with Crippen molar-refractivity contribution in [3.63, 3.8) is 0 Å². The van der Waals surface area contributed by atoms with Crippen molar-refractivity contribution in [3.8, 4) is 0 Å². The summed E-state index contributed by atoms with van der Waals surface area (Å²) in [6.45, 7) is 11.0. The Morgan fingerprint density at radius 3 is 2.58 bits per heavy atom. The summed E-state index contributed by atoms with van der Waals surface area (Å²) in [6, 6.07) is 7.83. The molecule has 3 heterocycles. The molecule has 1 aliphatic rings. The van der Waals surface area contributed by atoms with Crippen molar-refractivity contribution in [1.82, 2.24) is 14.9 Å². The standard InChI is InChI=1S/C17H22N4O.C2H6/c1-2-16-14(4-3-6-18-16)13-20-8-10-21(11-9-20)15-5-7-19-17(22)12-15;1-2/h3-7,12H,2,8-11,13H2,1H3,(H,19,22);1-2H3. The second-order valence-corrected chi connectivity index (χ2v) is 5.64.